The number of aromatic nitrogens is 1. The van der Waals surface area contributed by atoms with Gasteiger partial charge in [-0.05, 0) is 39.7 Å². The van der Waals surface area contributed by atoms with E-state index in [2.05, 4.69) is 10.3 Å². The first kappa shape index (κ1) is 18.9. The van der Waals surface area contributed by atoms with Crippen molar-refractivity contribution >= 4 is 11.8 Å². The molecule has 0 radical (unpaired) electrons. The fourth-order valence-electron chi connectivity index (χ4n) is 3.95. The molecule has 0 unspecified atom stereocenters. The third kappa shape index (κ3) is 3.94. The number of rotatable bonds is 2. The predicted molar refractivity (Wildman–Crippen MR) is 97.5 cm³/mol. The van der Waals surface area contributed by atoms with Crippen molar-refractivity contribution in [3.05, 3.63) is 24.0 Å². The second-order valence-electron chi connectivity index (χ2n) is 8.29. The first-order valence-corrected chi connectivity index (χ1v) is 9.26. The Labute approximate surface area is 154 Å². The number of anilines is 1. The number of nitrogens with two attached hydrogens (primary N) is 1. The maximum Gasteiger partial charge on any atom is 0.407 e. The summed E-state index contributed by atoms with van der Waals surface area (Å²) < 4.78 is 11.6. The summed E-state index contributed by atoms with van der Waals surface area (Å²) in [7, 11) is 0. The van der Waals surface area contributed by atoms with Crippen LogP contribution in [0.1, 0.15) is 64.5 Å². The van der Waals surface area contributed by atoms with Gasteiger partial charge in [0.05, 0.1) is 30.1 Å². The molecule has 2 fully saturated rings. The van der Waals surface area contributed by atoms with Gasteiger partial charge in [0.15, 0.2) is 0 Å². The molecule has 1 aliphatic carbocycles. The van der Waals surface area contributed by atoms with E-state index in [1.54, 1.807) is 12.4 Å². The van der Waals surface area contributed by atoms with Crippen LogP contribution in [-0.4, -0.2) is 39.5 Å². The van der Waals surface area contributed by atoms with Gasteiger partial charge >= 0.3 is 6.09 Å². The van der Waals surface area contributed by atoms with Crippen LogP contribution in [0.5, 0.6) is 0 Å². The number of nitrogen functional groups attached to an aromatic ring is 1. The number of carbonyl (C=O) groups is 1. The van der Waals surface area contributed by atoms with Crippen molar-refractivity contribution in [1.82, 2.24) is 10.3 Å². The van der Waals surface area contributed by atoms with Crippen LogP contribution in [0.2, 0.25) is 0 Å². The number of nitrogens with one attached hydrogen (secondary N) is 1. The highest BCUT2D eigenvalue weighted by atomic mass is 16.6. The number of aliphatic hydroxyl groups is 1. The Kier molecular flexibility index (Phi) is 5.12. The Morgan fingerprint density at radius 1 is 1.46 bits per heavy atom. The summed E-state index contributed by atoms with van der Waals surface area (Å²) >= 11 is 0. The average Bonchev–Trinajstić information content (AvgIpc) is 2.54. The van der Waals surface area contributed by atoms with E-state index in [4.69, 9.17) is 15.2 Å². The molecule has 1 amide bonds. The van der Waals surface area contributed by atoms with Crippen molar-refractivity contribution < 1.29 is 19.4 Å². The highest BCUT2D eigenvalue weighted by Gasteiger charge is 2.52. The zero-order valence-electron chi connectivity index (χ0n) is 15.7. The predicted octanol–water partition coefficient (Wildman–Crippen LogP) is 2.69. The molecule has 2 aliphatic rings. The zero-order chi connectivity index (χ0) is 18.9. The van der Waals surface area contributed by atoms with Gasteiger partial charge in [-0.25, -0.2) is 4.79 Å². The van der Waals surface area contributed by atoms with Crippen LogP contribution >= 0.6 is 0 Å². The van der Waals surface area contributed by atoms with Gasteiger partial charge in [-0.1, -0.05) is 12.8 Å². The minimum atomic E-state index is -1.09. The topological polar surface area (TPSA) is 107 Å². The molecule has 0 aromatic carbocycles. The van der Waals surface area contributed by atoms with Gasteiger partial charge in [0.2, 0.25) is 0 Å². The lowest BCUT2D eigenvalue weighted by atomic mass is 9.72. The van der Waals surface area contributed by atoms with E-state index >= 15 is 0 Å². The van der Waals surface area contributed by atoms with Crippen LogP contribution in [0.3, 0.4) is 0 Å². The van der Waals surface area contributed by atoms with Crippen LogP contribution in [0.15, 0.2) is 18.5 Å². The van der Waals surface area contributed by atoms with E-state index in [-0.39, 0.29) is 12.2 Å². The number of amides is 1. The van der Waals surface area contributed by atoms with Gasteiger partial charge in [-0.3, -0.25) is 4.98 Å². The van der Waals surface area contributed by atoms with Crippen LogP contribution < -0.4 is 11.1 Å². The van der Waals surface area contributed by atoms with Crippen LogP contribution in [0, 0.1) is 0 Å². The Bertz CT molecular complexity index is 660. The molecule has 1 aromatic heterocycles. The third-order valence-electron chi connectivity index (χ3n) is 5.16. The Balaban J connectivity index is 1.83. The highest BCUT2D eigenvalue weighted by Crippen LogP contribution is 2.45. The minimum Gasteiger partial charge on any atom is -0.444 e. The van der Waals surface area contributed by atoms with E-state index in [1.807, 2.05) is 26.8 Å². The number of nitrogens with zero attached hydrogens (tertiary/aromatic N) is 1. The smallest absolute Gasteiger partial charge is 0.407 e. The van der Waals surface area contributed by atoms with E-state index in [1.165, 1.54) is 0 Å². The van der Waals surface area contributed by atoms with Crippen molar-refractivity contribution in [3.63, 3.8) is 0 Å². The van der Waals surface area contributed by atoms with Crippen molar-refractivity contribution in [2.75, 3.05) is 5.73 Å². The van der Waals surface area contributed by atoms with Gasteiger partial charge in [-0.2, -0.15) is 0 Å². The van der Waals surface area contributed by atoms with E-state index in [0.29, 0.717) is 18.5 Å². The number of hydrogen-bond donors (Lipinski definition) is 3. The molecule has 1 saturated carbocycles. The van der Waals surface area contributed by atoms with Gasteiger partial charge in [0.1, 0.15) is 11.2 Å². The molecule has 7 nitrogen and oxygen atoms in total. The number of ether oxygens (including phenoxy) is 2. The fraction of sp³-hybridized carbons (Fsp3) is 0.684. The van der Waals surface area contributed by atoms with Crippen molar-refractivity contribution in [2.45, 2.75) is 82.3 Å². The third-order valence-corrected chi connectivity index (χ3v) is 5.16. The van der Waals surface area contributed by atoms with Gasteiger partial charge in [0.25, 0.3) is 0 Å². The zero-order valence-corrected chi connectivity index (χ0v) is 15.7. The average molecular weight is 363 g/mol. The first-order chi connectivity index (χ1) is 12.2. The Hall–Kier alpha value is -1.86. The lowest BCUT2D eigenvalue weighted by Gasteiger charge is -2.51. The molecule has 0 spiro atoms. The molecular weight excluding hydrogens is 334 g/mol. The number of fused-ring (bicyclic) bond motifs is 1. The maximum atomic E-state index is 12.3. The quantitative estimate of drug-likeness (QED) is 0.746. The molecule has 1 saturated heterocycles. The number of hydrogen-bond acceptors (Lipinski definition) is 6. The number of carbonyl (C=O) groups excluding carboxylic acids is 1. The summed E-state index contributed by atoms with van der Waals surface area (Å²) in [6.07, 6.45) is 5.77. The molecule has 1 aliphatic heterocycles. The van der Waals surface area contributed by atoms with E-state index in [0.717, 1.165) is 24.8 Å². The largest absolute Gasteiger partial charge is 0.444 e. The van der Waals surface area contributed by atoms with Crippen molar-refractivity contribution in [3.8, 4) is 0 Å². The second kappa shape index (κ2) is 7.04. The summed E-state index contributed by atoms with van der Waals surface area (Å²) in [5, 5.41) is 14.2. The molecule has 4 N–H and O–H groups in total. The number of alkyl carbamates (subject to hydrolysis) is 1. The van der Waals surface area contributed by atoms with Crippen LogP contribution in [0.25, 0.3) is 0 Å². The Morgan fingerprint density at radius 3 is 2.92 bits per heavy atom. The molecule has 26 heavy (non-hydrogen) atoms. The molecule has 4 atom stereocenters. The molecule has 3 rings (SSSR count). The lowest BCUT2D eigenvalue weighted by molar-refractivity contribution is -0.207. The van der Waals surface area contributed by atoms with Crippen LogP contribution in [0.4, 0.5) is 10.5 Å². The fourth-order valence-corrected chi connectivity index (χ4v) is 3.95. The van der Waals surface area contributed by atoms with Gasteiger partial charge < -0.3 is 25.6 Å². The summed E-state index contributed by atoms with van der Waals surface area (Å²) in [6.45, 7) is 5.44. The Morgan fingerprint density at radius 2 is 2.23 bits per heavy atom. The normalized spacial score (nSPS) is 31.8. The molecule has 0 bridgehead atoms. The summed E-state index contributed by atoms with van der Waals surface area (Å²) in [4.78, 5) is 16.4. The lowest BCUT2D eigenvalue weighted by Crippen LogP contribution is -2.64. The second-order valence-corrected chi connectivity index (χ2v) is 8.29. The summed E-state index contributed by atoms with van der Waals surface area (Å²) in [6, 6.07) is 1.37. The molecule has 7 heteroatoms. The van der Waals surface area contributed by atoms with Crippen molar-refractivity contribution in [2.24, 2.45) is 0 Å². The highest BCUT2D eigenvalue weighted by molar-refractivity contribution is 5.68. The van der Waals surface area contributed by atoms with Crippen molar-refractivity contribution in [1.29, 1.82) is 0 Å². The summed E-state index contributed by atoms with van der Waals surface area (Å²) in [5.74, 6) is 0. The van der Waals surface area contributed by atoms with Crippen LogP contribution in [-0.2, 0) is 9.47 Å². The first-order valence-electron chi connectivity index (χ1n) is 9.26. The standard InChI is InChI=1S/C19H29N3O4/c1-18(2,3)26-17(23)22-15-10-14(12-7-9-21-11-13(12)20)25-16-6-4-5-8-19(15,16)24/h7,9,11,14-16,24H,4-6,8,10,20H2,1-3H3,(H,22,23)/t14-,15-,16-,19+/m0/s1. The monoisotopic (exact) mass is 363 g/mol. The molecular formula is C19H29N3O4. The summed E-state index contributed by atoms with van der Waals surface area (Å²) in [5.41, 5.74) is 5.76. The van der Waals surface area contributed by atoms with E-state index < -0.39 is 23.3 Å². The molecule has 144 valence electrons. The van der Waals surface area contributed by atoms with E-state index in [9.17, 15) is 9.90 Å². The van der Waals surface area contributed by atoms with Gasteiger partial charge in [0, 0.05) is 18.2 Å². The minimum absolute atomic E-state index is 0.304. The molecule has 1 aromatic rings. The van der Waals surface area contributed by atoms with Gasteiger partial charge in [-0.15, -0.1) is 0 Å². The maximum absolute atomic E-state index is 12.3. The number of pyridine rings is 1. The molecule has 2 heterocycles. The SMILES string of the molecule is CC(C)(C)OC(=O)N[C@H]1C[C@@H](c2ccncc2N)O[C@H]2CCCC[C@@]12O.